The van der Waals surface area contributed by atoms with Crippen LogP contribution in [0, 0.1) is 17.6 Å². The van der Waals surface area contributed by atoms with Gasteiger partial charge in [0.1, 0.15) is 11.6 Å². The van der Waals surface area contributed by atoms with E-state index in [0.717, 1.165) is 18.2 Å². The van der Waals surface area contributed by atoms with Gasteiger partial charge in [0.25, 0.3) is 0 Å². The Morgan fingerprint density at radius 3 is 2.70 bits per heavy atom. The highest BCUT2D eigenvalue weighted by atomic mass is 19.1. The lowest BCUT2D eigenvalue weighted by Crippen LogP contribution is -2.40. The number of carbonyl (C=O) groups is 1. The summed E-state index contributed by atoms with van der Waals surface area (Å²) in [5.41, 5.74) is -0.709. The van der Waals surface area contributed by atoms with Gasteiger partial charge in [0.05, 0.1) is 5.60 Å². The van der Waals surface area contributed by atoms with E-state index in [0.29, 0.717) is 6.42 Å². The Bertz CT molecular complexity index is 525. The minimum absolute atomic E-state index is 0.138. The molecule has 1 aliphatic rings. The quantitative estimate of drug-likeness (QED) is 0.921. The van der Waals surface area contributed by atoms with Crippen LogP contribution in [0.3, 0.4) is 0 Å². The number of rotatable bonds is 4. The molecule has 0 aliphatic heterocycles. The highest BCUT2D eigenvalue weighted by molar-refractivity contribution is 5.82. The predicted molar refractivity (Wildman–Crippen MR) is 71.1 cm³/mol. The zero-order chi connectivity index (χ0) is 15.1. The average molecular weight is 283 g/mol. The molecule has 1 amide bonds. The third-order valence-electron chi connectivity index (χ3n) is 3.47. The van der Waals surface area contributed by atoms with Crippen molar-refractivity contribution >= 4 is 5.91 Å². The number of amides is 1. The van der Waals surface area contributed by atoms with Gasteiger partial charge in [0.2, 0.25) is 5.91 Å². The van der Waals surface area contributed by atoms with Crippen LogP contribution >= 0.6 is 0 Å². The molecule has 1 aliphatic carbocycles. The van der Waals surface area contributed by atoms with E-state index in [9.17, 15) is 18.7 Å². The first-order valence-corrected chi connectivity index (χ1v) is 6.61. The van der Waals surface area contributed by atoms with E-state index >= 15 is 0 Å². The molecule has 0 saturated heterocycles. The molecule has 110 valence electrons. The molecule has 5 heteroatoms. The molecule has 3 nitrogen and oxygen atoms in total. The van der Waals surface area contributed by atoms with Crippen molar-refractivity contribution in [2.75, 3.05) is 13.6 Å². The summed E-state index contributed by atoms with van der Waals surface area (Å²) < 4.78 is 26.8. The van der Waals surface area contributed by atoms with Gasteiger partial charge in [-0.2, -0.15) is 0 Å². The van der Waals surface area contributed by atoms with Crippen LogP contribution in [0.15, 0.2) is 18.2 Å². The fraction of sp³-hybridized carbons (Fsp3) is 0.533. The van der Waals surface area contributed by atoms with Crippen molar-refractivity contribution < 1.29 is 18.7 Å². The van der Waals surface area contributed by atoms with Crippen LogP contribution < -0.4 is 0 Å². The van der Waals surface area contributed by atoms with Gasteiger partial charge in [-0.05, 0) is 49.9 Å². The van der Waals surface area contributed by atoms with Crippen molar-refractivity contribution in [3.8, 4) is 0 Å². The van der Waals surface area contributed by atoms with Crippen LogP contribution in [-0.2, 0) is 4.79 Å². The first-order chi connectivity index (χ1) is 9.19. The van der Waals surface area contributed by atoms with Gasteiger partial charge >= 0.3 is 0 Å². The molecular weight excluding hydrogens is 264 g/mol. The first-order valence-electron chi connectivity index (χ1n) is 6.61. The molecule has 0 heterocycles. The number of halogens is 2. The third-order valence-corrected chi connectivity index (χ3v) is 3.47. The maximum absolute atomic E-state index is 13.6. The summed E-state index contributed by atoms with van der Waals surface area (Å²) in [6, 6.07) is 3.31. The van der Waals surface area contributed by atoms with Crippen LogP contribution in [-0.4, -0.2) is 35.1 Å². The number of hydrogen-bond donors (Lipinski definition) is 1. The van der Waals surface area contributed by atoms with E-state index in [1.807, 2.05) is 0 Å². The summed E-state index contributed by atoms with van der Waals surface area (Å²) in [5.74, 6) is -1.69. The standard InChI is InChI=1S/C15H19F2NO2/c1-15(2,20)8-18(3)14(19)12-7-10(12)11-6-9(16)4-5-13(11)17/h4-6,10,12,20H,7-8H2,1-3H3. The Morgan fingerprint density at radius 2 is 2.10 bits per heavy atom. The van der Waals surface area contributed by atoms with Gasteiger partial charge in [0, 0.05) is 19.5 Å². The minimum atomic E-state index is -0.973. The second kappa shape index (κ2) is 5.13. The zero-order valence-corrected chi connectivity index (χ0v) is 11.9. The van der Waals surface area contributed by atoms with Crippen LogP contribution in [0.1, 0.15) is 31.7 Å². The Morgan fingerprint density at radius 1 is 1.45 bits per heavy atom. The molecule has 2 unspecified atom stereocenters. The maximum atomic E-state index is 13.6. The second-order valence-electron chi connectivity index (χ2n) is 6.12. The van der Waals surface area contributed by atoms with Crippen molar-refractivity contribution in [3.05, 3.63) is 35.4 Å². The Labute approximate surface area is 117 Å². The summed E-state index contributed by atoms with van der Waals surface area (Å²) in [5, 5.41) is 9.70. The Balaban J connectivity index is 2.04. The molecule has 1 aromatic carbocycles. The highest BCUT2D eigenvalue weighted by Crippen LogP contribution is 2.49. The van der Waals surface area contributed by atoms with Gasteiger partial charge in [-0.1, -0.05) is 0 Å². The average Bonchev–Trinajstić information content (AvgIpc) is 3.09. The van der Waals surface area contributed by atoms with E-state index < -0.39 is 17.2 Å². The number of nitrogens with zero attached hydrogens (tertiary/aromatic N) is 1. The minimum Gasteiger partial charge on any atom is -0.389 e. The van der Waals surface area contributed by atoms with Crippen LogP contribution in [0.2, 0.25) is 0 Å². The summed E-state index contributed by atoms with van der Waals surface area (Å²) in [7, 11) is 1.61. The Hall–Kier alpha value is -1.49. The van der Waals surface area contributed by atoms with Crippen molar-refractivity contribution in [2.24, 2.45) is 5.92 Å². The highest BCUT2D eigenvalue weighted by Gasteiger charge is 2.46. The Kier molecular flexibility index (Phi) is 3.82. The normalized spacial score (nSPS) is 21.7. The SMILES string of the molecule is CN(CC(C)(C)O)C(=O)C1CC1c1cc(F)ccc1F. The first kappa shape index (κ1) is 14.9. The fourth-order valence-corrected chi connectivity index (χ4v) is 2.55. The van der Waals surface area contributed by atoms with Crippen LogP contribution in [0.5, 0.6) is 0 Å². The lowest BCUT2D eigenvalue weighted by Gasteiger charge is -2.25. The summed E-state index contributed by atoms with van der Waals surface area (Å²) in [6.45, 7) is 3.45. The second-order valence-corrected chi connectivity index (χ2v) is 6.12. The molecule has 1 fully saturated rings. The van der Waals surface area contributed by atoms with Gasteiger partial charge in [-0.25, -0.2) is 8.78 Å². The van der Waals surface area contributed by atoms with Crippen molar-refractivity contribution in [1.82, 2.24) is 4.90 Å². The molecule has 0 aromatic heterocycles. The number of aliphatic hydroxyl groups is 1. The number of carbonyl (C=O) groups excluding carboxylic acids is 1. The van der Waals surface area contributed by atoms with Crippen molar-refractivity contribution in [1.29, 1.82) is 0 Å². The molecule has 2 atom stereocenters. The molecule has 1 N–H and O–H groups in total. The summed E-state index contributed by atoms with van der Waals surface area (Å²) >= 11 is 0. The van der Waals surface area contributed by atoms with Gasteiger partial charge in [0.15, 0.2) is 0 Å². The third kappa shape index (κ3) is 3.33. The lowest BCUT2D eigenvalue weighted by atomic mass is 10.1. The zero-order valence-electron chi connectivity index (χ0n) is 11.9. The molecule has 0 bridgehead atoms. The van der Waals surface area contributed by atoms with Crippen LogP contribution in [0.25, 0.3) is 0 Å². The fourth-order valence-electron chi connectivity index (χ4n) is 2.55. The maximum Gasteiger partial charge on any atom is 0.226 e. The van der Waals surface area contributed by atoms with Crippen LogP contribution in [0.4, 0.5) is 8.78 Å². The molecule has 0 radical (unpaired) electrons. The molecule has 20 heavy (non-hydrogen) atoms. The largest absolute Gasteiger partial charge is 0.389 e. The van der Waals surface area contributed by atoms with E-state index in [-0.39, 0.29) is 29.9 Å². The molecule has 0 spiro atoms. The van der Waals surface area contributed by atoms with E-state index in [2.05, 4.69) is 0 Å². The van der Waals surface area contributed by atoms with E-state index in [1.165, 1.54) is 4.90 Å². The van der Waals surface area contributed by atoms with E-state index in [4.69, 9.17) is 0 Å². The summed E-state index contributed by atoms with van der Waals surface area (Å²) in [6.07, 6.45) is 0.523. The summed E-state index contributed by atoms with van der Waals surface area (Å²) in [4.78, 5) is 13.6. The molecule has 2 rings (SSSR count). The van der Waals surface area contributed by atoms with E-state index in [1.54, 1.807) is 20.9 Å². The van der Waals surface area contributed by atoms with Crippen molar-refractivity contribution in [3.63, 3.8) is 0 Å². The van der Waals surface area contributed by atoms with Crippen molar-refractivity contribution in [2.45, 2.75) is 31.8 Å². The number of hydrogen-bond acceptors (Lipinski definition) is 2. The predicted octanol–water partition coefficient (Wildman–Crippen LogP) is 2.30. The van der Waals surface area contributed by atoms with Gasteiger partial charge in [-0.3, -0.25) is 4.79 Å². The smallest absolute Gasteiger partial charge is 0.226 e. The topological polar surface area (TPSA) is 40.5 Å². The molecule has 1 saturated carbocycles. The molecular formula is C15H19F2NO2. The number of benzene rings is 1. The van der Waals surface area contributed by atoms with Gasteiger partial charge in [-0.15, -0.1) is 0 Å². The number of likely N-dealkylation sites (N-methyl/N-ethyl adjacent to an activating group) is 1. The monoisotopic (exact) mass is 283 g/mol. The molecule has 1 aromatic rings. The van der Waals surface area contributed by atoms with Gasteiger partial charge < -0.3 is 10.0 Å². The lowest BCUT2D eigenvalue weighted by molar-refractivity contribution is -0.134.